The molecule has 0 saturated heterocycles. The zero-order valence-corrected chi connectivity index (χ0v) is 15.8. The SMILES string of the molecule is CCOP(=O)(/C=C/c1ccc2ccc3cccc4ccc1c2c34)OCC. The van der Waals surface area contributed by atoms with Crippen molar-refractivity contribution in [2.75, 3.05) is 13.2 Å². The summed E-state index contributed by atoms with van der Waals surface area (Å²) < 4.78 is 23.5. The fourth-order valence-electron chi connectivity index (χ4n) is 3.56. The van der Waals surface area contributed by atoms with Gasteiger partial charge in [-0.15, -0.1) is 0 Å². The Bertz CT molecular complexity index is 1120. The van der Waals surface area contributed by atoms with E-state index in [-0.39, 0.29) is 0 Å². The first-order valence-electron chi connectivity index (χ1n) is 8.90. The smallest absolute Gasteiger partial charge is 0.306 e. The van der Waals surface area contributed by atoms with Crippen molar-refractivity contribution in [2.45, 2.75) is 13.8 Å². The van der Waals surface area contributed by atoms with Gasteiger partial charge in [0.1, 0.15) is 0 Å². The molecule has 0 saturated carbocycles. The quantitative estimate of drug-likeness (QED) is 0.278. The van der Waals surface area contributed by atoms with E-state index in [1.165, 1.54) is 26.9 Å². The van der Waals surface area contributed by atoms with Crippen molar-refractivity contribution in [3.8, 4) is 0 Å². The maximum atomic E-state index is 12.7. The van der Waals surface area contributed by atoms with E-state index in [2.05, 4.69) is 54.6 Å². The molecule has 0 aliphatic rings. The number of hydrogen-bond acceptors (Lipinski definition) is 3. The third kappa shape index (κ3) is 2.93. The van der Waals surface area contributed by atoms with Crippen molar-refractivity contribution in [1.29, 1.82) is 0 Å². The molecule has 0 atom stereocenters. The first-order chi connectivity index (χ1) is 12.6. The van der Waals surface area contributed by atoms with Gasteiger partial charge >= 0.3 is 7.60 Å². The summed E-state index contributed by atoms with van der Waals surface area (Å²) in [5, 5.41) is 7.33. The number of rotatable bonds is 6. The lowest BCUT2D eigenvalue weighted by molar-refractivity contribution is 0.229. The minimum atomic E-state index is -3.21. The minimum Gasteiger partial charge on any atom is -0.306 e. The van der Waals surface area contributed by atoms with Crippen molar-refractivity contribution in [3.05, 3.63) is 66.0 Å². The Kier molecular flexibility index (Phi) is 4.54. The standard InChI is InChI=1S/C22H21O3P/c1-3-24-26(23,25-4-2)15-14-16-8-9-19-11-10-17-6-5-7-18-12-13-20(16)22(19)21(17)18/h5-15H,3-4H2,1-2H3/b15-14+. The van der Waals surface area contributed by atoms with Gasteiger partial charge in [-0.25, -0.2) is 0 Å². The lowest BCUT2D eigenvalue weighted by Crippen LogP contribution is -1.92. The predicted molar refractivity (Wildman–Crippen MR) is 110 cm³/mol. The van der Waals surface area contributed by atoms with Gasteiger partial charge in [0.25, 0.3) is 0 Å². The van der Waals surface area contributed by atoms with Crippen LogP contribution in [0.3, 0.4) is 0 Å². The van der Waals surface area contributed by atoms with Crippen LogP contribution in [0.5, 0.6) is 0 Å². The lowest BCUT2D eigenvalue weighted by atomic mass is 9.92. The van der Waals surface area contributed by atoms with Crippen LogP contribution in [0.1, 0.15) is 19.4 Å². The topological polar surface area (TPSA) is 35.5 Å². The van der Waals surface area contributed by atoms with Crippen LogP contribution in [-0.2, 0) is 13.6 Å². The summed E-state index contributed by atoms with van der Waals surface area (Å²) in [6.07, 6.45) is 1.86. The largest absolute Gasteiger partial charge is 0.354 e. The van der Waals surface area contributed by atoms with E-state index < -0.39 is 7.60 Å². The Balaban J connectivity index is 1.91. The molecule has 4 aromatic rings. The van der Waals surface area contributed by atoms with E-state index in [0.717, 1.165) is 10.9 Å². The molecule has 4 rings (SSSR count). The fraction of sp³-hybridized carbons (Fsp3) is 0.182. The second-order valence-electron chi connectivity index (χ2n) is 6.20. The van der Waals surface area contributed by atoms with Gasteiger partial charge in [0.05, 0.1) is 13.2 Å². The van der Waals surface area contributed by atoms with Crippen LogP contribution in [0.25, 0.3) is 38.4 Å². The average molecular weight is 364 g/mol. The Morgan fingerprint density at radius 2 is 1.38 bits per heavy atom. The Morgan fingerprint density at radius 3 is 2.04 bits per heavy atom. The van der Waals surface area contributed by atoms with E-state index in [9.17, 15) is 4.57 Å². The van der Waals surface area contributed by atoms with Crippen LogP contribution in [0.2, 0.25) is 0 Å². The van der Waals surface area contributed by atoms with Gasteiger partial charge in [-0.1, -0.05) is 54.6 Å². The van der Waals surface area contributed by atoms with Gasteiger partial charge in [0, 0.05) is 5.82 Å². The molecule has 0 aromatic heterocycles. The van der Waals surface area contributed by atoms with E-state index in [1.54, 1.807) is 5.82 Å². The van der Waals surface area contributed by atoms with Gasteiger partial charge in [-0.2, -0.15) is 0 Å². The summed E-state index contributed by atoms with van der Waals surface area (Å²) in [7, 11) is -3.21. The molecule has 26 heavy (non-hydrogen) atoms. The lowest BCUT2D eigenvalue weighted by Gasteiger charge is -2.14. The highest BCUT2D eigenvalue weighted by Crippen LogP contribution is 2.50. The van der Waals surface area contributed by atoms with E-state index in [1.807, 2.05) is 19.9 Å². The first-order valence-corrected chi connectivity index (χ1v) is 10.5. The van der Waals surface area contributed by atoms with E-state index in [4.69, 9.17) is 9.05 Å². The van der Waals surface area contributed by atoms with Gasteiger partial charge in [0.15, 0.2) is 0 Å². The highest BCUT2D eigenvalue weighted by molar-refractivity contribution is 7.57. The van der Waals surface area contributed by atoms with Crippen LogP contribution in [0, 0.1) is 0 Å². The maximum Gasteiger partial charge on any atom is 0.354 e. The van der Waals surface area contributed by atoms with Crippen molar-refractivity contribution in [1.82, 2.24) is 0 Å². The van der Waals surface area contributed by atoms with Gasteiger partial charge in [0.2, 0.25) is 0 Å². The summed E-state index contributed by atoms with van der Waals surface area (Å²) in [5.74, 6) is 1.58. The Labute approximate surface area is 153 Å². The van der Waals surface area contributed by atoms with Crippen molar-refractivity contribution < 1.29 is 13.6 Å². The van der Waals surface area contributed by atoms with Crippen LogP contribution >= 0.6 is 7.60 Å². The van der Waals surface area contributed by atoms with Gasteiger partial charge in [-0.3, -0.25) is 4.57 Å². The molecular formula is C22H21O3P. The summed E-state index contributed by atoms with van der Waals surface area (Å²) in [5.41, 5.74) is 1.01. The second-order valence-corrected chi connectivity index (χ2v) is 8.10. The highest BCUT2D eigenvalue weighted by atomic mass is 31.2. The molecule has 0 amide bonds. The average Bonchev–Trinajstić information content (AvgIpc) is 2.65. The molecule has 4 aromatic carbocycles. The summed E-state index contributed by atoms with van der Waals surface area (Å²) >= 11 is 0. The van der Waals surface area contributed by atoms with Gasteiger partial charge in [-0.05, 0) is 57.8 Å². The highest BCUT2D eigenvalue weighted by Gasteiger charge is 2.19. The number of hydrogen-bond donors (Lipinski definition) is 0. The van der Waals surface area contributed by atoms with Crippen LogP contribution in [-0.4, -0.2) is 13.2 Å². The van der Waals surface area contributed by atoms with E-state index in [0.29, 0.717) is 13.2 Å². The molecule has 0 bridgehead atoms. The van der Waals surface area contributed by atoms with Gasteiger partial charge < -0.3 is 9.05 Å². The zero-order valence-electron chi connectivity index (χ0n) is 14.9. The van der Waals surface area contributed by atoms with E-state index >= 15 is 0 Å². The summed E-state index contributed by atoms with van der Waals surface area (Å²) in [6.45, 7) is 4.32. The molecule has 0 heterocycles. The minimum absolute atomic E-state index is 0.347. The van der Waals surface area contributed by atoms with Crippen LogP contribution in [0.4, 0.5) is 0 Å². The Morgan fingerprint density at radius 1 is 0.808 bits per heavy atom. The maximum absolute atomic E-state index is 12.7. The third-order valence-electron chi connectivity index (χ3n) is 4.62. The van der Waals surface area contributed by atoms with Crippen LogP contribution in [0.15, 0.2) is 60.4 Å². The molecular weight excluding hydrogens is 343 g/mol. The summed E-state index contributed by atoms with van der Waals surface area (Å²) in [4.78, 5) is 0. The molecule has 0 aliphatic heterocycles. The van der Waals surface area contributed by atoms with Crippen molar-refractivity contribution >= 4 is 46.0 Å². The molecule has 0 unspecified atom stereocenters. The molecule has 0 aliphatic carbocycles. The normalized spacial score (nSPS) is 12.8. The molecule has 132 valence electrons. The molecule has 3 nitrogen and oxygen atoms in total. The Hall–Kier alpha value is -2.19. The summed E-state index contributed by atoms with van der Waals surface area (Å²) in [6, 6.07) is 19.1. The number of benzene rings is 4. The molecule has 0 spiro atoms. The first kappa shape index (κ1) is 17.2. The van der Waals surface area contributed by atoms with Crippen molar-refractivity contribution in [3.63, 3.8) is 0 Å². The molecule has 0 radical (unpaired) electrons. The zero-order chi connectivity index (χ0) is 18.1. The molecule has 0 N–H and O–H groups in total. The van der Waals surface area contributed by atoms with Crippen LogP contribution < -0.4 is 0 Å². The third-order valence-corrected chi connectivity index (χ3v) is 6.37. The monoisotopic (exact) mass is 364 g/mol. The second kappa shape index (κ2) is 6.85. The van der Waals surface area contributed by atoms with Crippen molar-refractivity contribution in [2.24, 2.45) is 0 Å². The molecule has 0 fully saturated rings. The fourth-order valence-corrected chi connectivity index (χ4v) is 4.87. The molecule has 4 heteroatoms. The predicted octanol–water partition coefficient (Wildman–Crippen LogP) is 6.82.